The second-order valence-corrected chi connectivity index (χ2v) is 9.28. The summed E-state index contributed by atoms with van der Waals surface area (Å²) in [6, 6.07) is 20.4. The molecule has 6 rings (SSSR count). The molecule has 0 bridgehead atoms. The van der Waals surface area contributed by atoms with E-state index in [0.717, 1.165) is 10.5 Å². The molecule has 7 heteroatoms. The zero-order valence-corrected chi connectivity index (χ0v) is 19.8. The van der Waals surface area contributed by atoms with Crippen molar-refractivity contribution in [2.45, 2.75) is 25.6 Å². The van der Waals surface area contributed by atoms with Gasteiger partial charge >= 0.3 is 0 Å². The number of hydrogen-bond donors (Lipinski definition) is 0. The highest BCUT2D eigenvalue weighted by atomic mass is 16.5. The molecule has 0 radical (unpaired) electrons. The Morgan fingerprint density at radius 3 is 2.06 bits per heavy atom. The predicted octanol–water partition coefficient (Wildman–Crippen LogP) is 4.09. The largest absolute Gasteiger partial charge is 0.494 e. The first-order valence-electron chi connectivity index (χ1n) is 11.9. The Morgan fingerprint density at radius 2 is 1.44 bits per heavy atom. The van der Waals surface area contributed by atoms with Crippen molar-refractivity contribution in [2.75, 3.05) is 11.5 Å². The first-order valence-corrected chi connectivity index (χ1v) is 11.9. The number of aryl methyl sites for hydroxylation is 1. The highest BCUT2D eigenvalue weighted by Crippen LogP contribution is 2.58. The minimum atomic E-state index is -2.08. The van der Waals surface area contributed by atoms with Gasteiger partial charge in [0.05, 0.1) is 30.2 Å². The lowest BCUT2D eigenvalue weighted by Crippen LogP contribution is -2.51. The topological polar surface area (TPSA) is 90.0 Å². The molecule has 2 aliphatic heterocycles. The van der Waals surface area contributed by atoms with Crippen LogP contribution in [0.4, 0.5) is 5.69 Å². The van der Waals surface area contributed by atoms with Crippen LogP contribution in [0.1, 0.15) is 44.9 Å². The Labute approximate surface area is 207 Å². The first kappa shape index (κ1) is 22.4. The number of amides is 2. The number of Topliss-reactive ketones (excluding diaryl/α,β-unsaturated/α-hetero) is 2. The van der Waals surface area contributed by atoms with Crippen LogP contribution in [0.2, 0.25) is 0 Å². The number of ether oxygens (including phenoxy) is 2. The summed E-state index contributed by atoms with van der Waals surface area (Å²) in [4.78, 5) is 56.6. The van der Waals surface area contributed by atoms with E-state index in [1.54, 1.807) is 48.5 Å². The van der Waals surface area contributed by atoms with Crippen molar-refractivity contribution in [1.29, 1.82) is 0 Å². The van der Waals surface area contributed by atoms with Crippen molar-refractivity contribution in [3.8, 4) is 5.75 Å². The van der Waals surface area contributed by atoms with Crippen LogP contribution in [-0.2, 0) is 14.3 Å². The van der Waals surface area contributed by atoms with Crippen molar-refractivity contribution >= 4 is 29.1 Å². The minimum Gasteiger partial charge on any atom is -0.494 e. The van der Waals surface area contributed by atoms with E-state index in [9.17, 15) is 19.2 Å². The standard InChI is InChI=1S/C29H23NO6/c1-3-35-18-14-12-17(13-15-18)30-27(33)22-23(28(30)34)29(36-24(22)19-9-5-4-8-16(19)2)25(31)20-10-6-7-11-21(20)26(29)32/h4-15,22-24H,3H2,1-2H3/t22-,23-,24-/m0/s1. The lowest BCUT2D eigenvalue weighted by Gasteiger charge is -2.27. The third kappa shape index (κ3) is 2.83. The van der Waals surface area contributed by atoms with Gasteiger partial charge in [-0.3, -0.25) is 19.2 Å². The monoisotopic (exact) mass is 481 g/mol. The van der Waals surface area contributed by atoms with Crippen molar-refractivity contribution in [3.63, 3.8) is 0 Å². The van der Waals surface area contributed by atoms with Gasteiger partial charge in [0.15, 0.2) is 0 Å². The zero-order valence-electron chi connectivity index (χ0n) is 19.8. The number of ketones is 2. The molecule has 7 nitrogen and oxygen atoms in total. The van der Waals surface area contributed by atoms with Gasteiger partial charge in [0, 0.05) is 11.1 Å². The summed E-state index contributed by atoms with van der Waals surface area (Å²) < 4.78 is 11.8. The molecule has 0 N–H and O–H groups in total. The molecule has 180 valence electrons. The summed E-state index contributed by atoms with van der Waals surface area (Å²) in [6.45, 7) is 4.21. The van der Waals surface area contributed by atoms with Crippen LogP contribution in [-0.4, -0.2) is 35.6 Å². The number of hydrogen-bond acceptors (Lipinski definition) is 6. The number of nitrogens with zero attached hydrogens (tertiary/aromatic N) is 1. The van der Waals surface area contributed by atoms with Crippen molar-refractivity contribution in [3.05, 3.63) is 95.1 Å². The van der Waals surface area contributed by atoms with E-state index in [4.69, 9.17) is 9.47 Å². The number of carbonyl (C=O) groups excluding carboxylic acids is 4. The molecule has 0 saturated carbocycles. The third-order valence-electron chi connectivity index (χ3n) is 7.42. The molecule has 3 aromatic carbocycles. The van der Waals surface area contributed by atoms with Gasteiger partial charge in [0.2, 0.25) is 29.0 Å². The van der Waals surface area contributed by atoms with Crippen LogP contribution in [0.3, 0.4) is 0 Å². The maximum absolute atomic E-state index is 14.0. The molecule has 1 spiro atoms. The fourth-order valence-electron chi connectivity index (χ4n) is 5.82. The Kier molecular flexibility index (Phi) is 4.95. The second-order valence-electron chi connectivity index (χ2n) is 9.28. The van der Waals surface area contributed by atoms with Gasteiger partial charge in [-0.1, -0.05) is 48.5 Å². The molecule has 1 aliphatic carbocycles. The predicted molar refractivity (Wildman–Crippen MR) is 130 cm³/mol. The summed E-state index contributed by atoms with van der Waals surface area (Å²) in [5, 5.41) is 0. The highest BCUT2D eigenvalue weighted by molar-refractivity contribution is 6.37. The van der Waals surface area contributed by atoms with E-state index in [1.807, 2.05) is 38.1 Å². The SMILES string of the molecule is CCOc1ccc(N2C(=O)[C@H]3[C@@H](C2=O)C2(O[C@H]3c3ccccc3C)C(=O)c3ccccc3C2=O)cc1. The molecule has 2 amide bonds. The lowest BCUT2D eigenvalue weighted by atomic mass is 9.77. The summed E-state index contributed by atoms with van der Waals surface area (Å²) in [5.74, 6) is -3.92. The van der Waals surface area contributed by atoms with Gasteiger partial charge in [-0.2, -0.15) is 0 Å². The van der Waals surface area contributed by atoms with Gasteiger partial charge in [0.1, 0.15) is 5.75 Å². The number of fused-ring (bicyclic) bond motifs is 3. The first-order chi connectivity index (χ1) is 17.4. The molecule has 2 fully saturated rings. The van der Waals surface area contributed by atoms with Crippen LogP contribution in [0.5, 0.6) is 5.75 Å². The van der Waals surface area contributed by atoms with Crippen LogP contribution in [0, 0.1) is 18.8 Å². The van der Waals surface area contributed by atoms with Crippen LogP contribution in [0.15, 0.2) is 72.8 Å². The Morgan fingerprint density at radius 1 is 0.833 bits per heavy atom. The Balaban J connectivity index is 1.51. The van der Waals surface area contributed by atoms with Crippen LogP contribution in [0.25, 0.3) is 0 Å². The Hall–Kier alpha value is -4.10. The maximum atomic E-state index is 14.0. The average Bonchev–Trinajstić information content (AvgIpc) is 3.45. The number of imide groups is 1. The molecule has 3 aliphatic rings. The van der Waals surface area contributed by atoms with E-state index in [2.05, 4.69) is 0 Å². The van der Waals surface area contributed by atoms with Gasteiger partial charge < -0.3 is 9.47 Å². The van der Waals surface area contributed by atoms with Crippen molar-refractivity contribution in [2.24, 2.45) is 11.8 Å². The molecular weight excluding hydrogens is 458 g/mol. The van der Waals surface area contributed by atoms with Gasteiger partial charge in [-0.05, 0) is 49.2 Å². The summed E-state index contributed by atoms with van der Waals surface area (Å²) in [6.07, 6.45) is -0.928. The van der Waals surface area contributed by atoms with Crippen molar-refractivity contribution in [1.82, 2.24) is 0 Å². The zero-order chi connectivity index (χ0) is 25.2. The normalized spacial score (nSPS) is 23.9. The molecule has 3 aromatic rings. The number of benzene rings is 3. The third-order valence-corrected chi connectivity index (χ3v) is 7.42. The van der Waals surface area contributed by atoms with Gasteiger partial charge in [-0.15, -0.1) is 0 Å². The highest BCUT2D eigenvalue weighted by Gasteiger charge is 2.74. The fraction of sp³-hybridized carbons (Fsp3) is 0.241. The van der Waals surface area contributed by atoms with Gasteiger partial charge in [-0.25, -0.2) is 4.90 Å². The lowest BCUT2D eigenvalue weighted by molar-refractivity contribution is -0.127. The summed E-state index contributed by atoms with van der Waals surface area (Å²) in [7, 11) is 0. The number of rotatable bonds is 4. The molecule has 0 unspecified atom stereocenters. The molecule has 36 heavy (non-hydrogen) atoms. The van der Waals surface area contributed by atoms with Crippen molar-refractivity contribution < 1.29 is 28.7 Å². The van der Waals surface area contributed by atoms with E-state index < -0.39 is 46.9 Å². The van der Waals surface area contributed by atoms with Gasteiger partial charge in [0.25, 0.3) is 0 Å². The summed E-state index contributed by atoms with van der Waals surface area (Å²) in [5.41, 5.74) is 0.229. The Bertz CT molecular complexity index is 1410. The van der Waals surface area contributed by atoms with E-state index >= 15 is 0 Å². The molecular formula is C29H23NO6. The second kappa shape index (κ2) is 7.96. The minimum absolute atomic E-state index is 0.214. The molecule has 2 saturated heterocycles. The average molecular weight is 482 g/mol. The van der Waals surface area contributed by atoms with Crippen LogP contribution >= 0.6 is 0 Å². The number of carbonyl (C=O) groups is 4. The molecule has 3 atom stereocenters. The van der Waals surface area contributed by atoms with E-state index in [0.29, 0.717) is 23.6 Å². The maximum Gasteiger partial charge on any atom is 0.241 e. The quantitative estimate of drug-likeness (QED) is 0.412. The van der Waals surface area contributed by atoms with E-state index in [-0.39, 0.29) is 11.1 Å². The van der Waals surface area contributed by atoms with Crippen LogP contribution < -0.4 is 9.64 Å². The molecule has 0 aromatic heterocycles. The summed E-state index contributed by atoms with van der Waals surface area (Å²) >= 11 is 0. The van der Waals surface area contributed by atoms with E-state index in [1.165, 1.54) is 0 Å². The smallest absolute Gasteiger partial charge is 0.241 e. The number of anilines is 1. The fourth-order valence-corrected chi connectivity index (χ4v) is 5.82. The molecule has 2 heterocycles.